The molecule has 3 heterocycles. The maximum absolute atomic E-state index is 6.32. The quantitative estimate of drug-likeness (QED) is 0.128. The largest absolute Gasteiger partial charge is 0.501 e. The van der Waals surface area contributed by atoms with E-state index in [1.54, 1.807) is 0 Å². The zero-order valence-electron chi connectivity index (χ0n) is 35.6. The van der Waals surface area contributed by atoms with Crippen molar-refractivity contribution < 1.29 is 24.5 Å². The van der Waals surface area contributed by atoms with Gasteiger partial charge in [-0.2, -0.15) is 0 Å². The topological polar surface area (TPSA) is 43.9 Å². The Hall–Kier alpha value is -4.61. The van der Waals surface area contributed by atoms with E-state index in [1.165, 1.54) is 33.0 Å². The molecule has 0 aliphatic carbocycles. The van der Waals surface area contributed by atoms with Gasteiger partial charge in [-0.15, -0.1) is 53.6 Å². The van der Waals surface area contributed by atoms with Crippen LogP contribution < -0.4 is 5.19 Å². The molecule has 1 radical (unpaired) electrons. The summed E-state index contributed by atoms with van der Waals surface area (Å²) < 4.78 is 8.58. The second kappa shape index (κ2) is 16.0. The van der Waals surface area contributed by atoms with Crippen molar-refractivity contribution >= 4 is 46.2 Å². The molecule has 4 nitrogen and oxygen atoms in total. The first kappa shape index (κ1) is 42.0. The molecular formula is C51H55IrN3OSi-2. The molecule has 0 bridgehead atoms. The molecule has 0 aliphatic heterocycles. The van der Waals surface area contributed by atoms with E-state index in [0.29, 0.717) is 0 Å². The summed E-state index contributed by atoms with van der Waals surface area (Å²) in [7, 11) is -1.42. The number of pyridine rings is 1. The third-order valence-electron chi connectivity index (χ3n) is 10.4. The van der Waals surface area contributed by atoms with Gasteiger partial charge in [0, 0.05) is 37.4 Å². The minimum atomic E-state index is -1.42. The predicted octanol–water partition coefficient (Wildman–Crippen LogP) is 13.3. The summed E-state index contributed by atoms with van der Waals surface area (Å²) >= 11 is 0. The molecule has 8 rings (SSSR count). The number of rotatable bonds is 5. The van der Waals surface area contributed by atoms with Crippen molar-refractivity contribution in [3.63, 3.8) is 0 Å². The van der Waals surface area contributed by atoms with Gasteiger partial charge in [-0.1, -0.05) is 132 Å². The fraction of sp³-hybridized carbons (Fsp3) is 0.294. The van der Waals surface area contributed by atoms with Crippen LogP contribution in [0.25, 0.3) is 61.3 Å². The molecule has 0 aliphatic rings. The number of nitrogens with zero attached hydrogens (tertiary/aromatic N) is 3. The Morgan fingerprint density at radius 2 is 1.42 bits per heavy atom. The summed E-state index contributed by atoms with van der Waals surface area (Å²) in [6.45, 7) is 27.4. The van der Waals surface area contributed by atoms with Crippen LogP contribution in [0.5, 0.6) is 0 Å². The van der Waals surface area contributed by atoms with Crippen molar-refractivity contribution in [3.05, 3.63) is 143 Å². The standard InChI is InChI=1S/C28H21N2O.C23H34NSi.Ir/c1-17-15-18(2)26(19(3)16-17)30-24-13-6-5-12-23(24)29-28(30)22-11-8-10-21-20-9-4-7-14-25(20)31-27(21)22;1-22(2,3)15-18-14-20(24-16-21(18)25(7,8)9)17-11-10-12-19(13-17)23(4,5)6;/h4-10,12-16H,1-3H3;10,12-14,16H,15H2,1-9H3;/q2*-1;. The summed E-state index contributed by atoms with van der Waals surface area (Å²) in [5.41, 5.74) is 14.8. The van der Waals surface area contributed by atoms with E-state index in [4.69, 9.17) is 14.4 Å². The number of para-hydroxylation sites is 3. The van der Waals surface area contributed by atoms with Crippen molar-refractivity contribution in [2.45, 2.75) is 93.8 Å². The van der Waals surface area contributed by atoms with E-state index in [2.05, 4.69) is 166 Å². The molecule has 0 fully saturated rings. The van der Waals surface area contributed by atoms with E-state index in [0.717, 1.165) is 67.7 Å². The molecule has 3 aromatic heterocycles. The van der Waals surface area contributed by atoms with E-state index in [-0.39, 0.29) is 30.9 Å². The van der Waals surface area contributed by atoms with Crippen LogP contribution in [0.2, 0.25) is 19.6 Å². The molecule has 57 heavy (non-hydrogen) atoms. The van der Waals surface area contributed by atoms with Gasteiger partial charge < -0.3 is 14.0 Å². The van der Waals surface area contributed by atoms with Crippen LogP contribution in [0.1, 0.15) is 69.4 Å². The van der Waals surface area contributed by atoms with E-state index >= 15 is 0 Å². The van der Waals surface area contributed by atoms with Crippen LogP contribution in [-0.4, -0.2) is 22.6 Å². The van der Waals surface area contributed by atoms with E-state index in [9.17, 15) is 0 Å². The van der Waals surface area contributed by atoms with E-state index < -0.39 is 8.07 Å². The Morgan fingerprint density at radius 1 is 0.754 bits per heavy atom. The second-order valence-electron chi connectivity index (χ2n) is 18.7. The SMILES string of the molecule is CC(C)(C)Cc1cc(-c2[c-]ccc(C(C)(C)C)c2)ncc1[Si](C)(C)C.Cc1cc(C)c(-n2c(-c3[c-]ccc4c3oc3ccccc34)nc3ccccc32)c(C)c1.[Ir]. The maximum atomic E-state index is 6.32. The number of imidazole rings is 1. The summed E-state index contributed by atoms with van der Waals surface area (Å²) in [6.07, 6.45) is 3.22. The van der Waals surface area contributed by atoms with E-state index in [1.807, 2.05) is 36.4 Å². The van der Waals surface area contributed by atoms with Gasteiger partial charge in [-0.25, -0.2) is 0 Å². The minimum absolute atomic E-state index is 0. The molecule has 0 saturated heterocycles. The molecule has 0 N–H and O–H groups in total. The van der Waals surface area contributed by atoms with Gasteiger partial charge >= 0.3 is 0 Å². The van der Waals surface area contributed by atoms with Gasteiger partial charge in [0.2, 0.25) is 0 Å². The fourth-order valence-corrected chi connectivity index (χ4v) is 9.50. The monoisotopic (exact) mass is 946 g/mol. The van der Waals surface area contributed by atoms with Crippen LogP contribution >= 0.6 is 0 Å². The third-order valence-corrected chi connectivity index (χ3v) is 12.5. The average Bonchev–Trinajstić information content (AvgIpc) is 3.69. The summed E-state index contributed by atoms with van der Waals surface area (Å²) in [4.78, 5) is 9.89. The Balaban J connectivity index is 0.000000195. The Labute approximate surface area is 354 Å². The van der Waals surface area contributed by atoms with Gasteiger partial charge in [0.25, 0.3) is 0 Å². The Kier molecular flexibility index (Phi) is 11.8. The molecule has 0 spiro atoms. The summed E-state index contributed by atoms with van der Waals surface area (Å²) in [5.74, 6) is 0.848. The molecule has 0 saturated carbocycles. The van der Waals surface area contributed by atoms with Crippen molar-refractivity contribution in [1.82, 2.24) is 14.5 Å². The molecule has 0 amide bonds. The summed E-state index contributed by atoms with van der Waals surface area (Å²) in [6, 6.07) is 40.5. The number of aryl methyl sites for hydroxylation is 3. The van der Waals surface area contributed by atoms with Gasteiger partial charge in [0.15, 0.2) is 0 Å². The van der Waals surface area contributed by atoms with Gasteiger partial charge in [-0.3, -0.25) is 4.98 Å². The van der Waals surface area contributed by atoms with Crippen LogP contribution in [0.15, 0.2) is 108 Å². The van der Waals surface area contributed by atoms with Crippen LogP contribution in [-0.2, 0) is 31.9 Å². The average molecular weight is 946 g/mol. The Morgan fingerprint density at radius 3 is 2.11 bits per heavy atom. The Bertz CT molecular complexity index is 2690. The molecule has 5 aromatic carbocycles. The third kappa shape index (κ3) is 8.79. The first-order chi connectivity index (χ1) is 26.4. The van der Waals surface area contributed by atoms with Gasteiger partial charge in [0.05, 0.1) is 30.5 Å². The van der Waals surface area contributed by atoms with Crippen LogP contribution in [0, 0.1) is 38.3 Å². The first-order valence-corrected chi connectivity index (χ1v) is 23.3. The molecule has 6 heteroatoms. The zero-order valence-corrected chi connectivity index (χ0v) is 39.0. The predicted molar refractivity (Wildman–Crippen MR) is 240 cm³/mol. The van der Waals surface area contributed by atoms with Gasteiger partial charge in [-0.05, 0) is 78.2 Å². The number of furan rings is 1. The van der Waals surface area contributed by atoms with Crippen LogP contribution in [0.4, 0.5) is 0 Å². The minimum Gasteiger partial charge on any atom is -0.501 e. The smallest absolute Gasteiger partial charge is 0.120 e. The maximum Gasteiger partial charge on any atom is 0.120 e. The van der Waals surface area contributed by atoms with Crippen LogP contribution in [0.3, 0.4) is 0 Å². The molecule has 295 valence electrons. The second-order valence-corrected chi connectivity index (χ2v) is 23.7. The number of hydrogen-bond donors (Lipinski definition) is 0. The first-order valence-electron chi connectivity index (χ1n) is 19.8. The number of aromatic nitrogens is 3. The molecular weight excluding hydrogens is 891 g/mol. The molecule has 0 unspecified atom stereocenters. The number of fused-ring (bicyclic) bond motifs is 4. The number of benzene rings is 5. The zero-order chi connectivity index (χ0) is 40.2. The normalized spacial score (nSPS) is 12.1. The van der Waals surface area contributed by atoms with Crippen molar-refractivity contribution in [1.29, 1.82) is 0 Å². The molecule has 8 aromatic rings. The fourth-order valence-electron chi connectivity index (χ4n) is 7.92. The van der Waals surface area contributed by atoms with Crippen molar-refractivity contribution in [2.75, 3.05) is 0 Å². The van der Waals surface area contributed by atoms with Crippen molar-refractivity contribution in [3.8, 4) is 28.3 Å². The number of hydrogen-bond acceptors (Lipinski definition) is 3. The van der Waals surface area contributed by atoms with Gasteiger partial charge in [0.1, 0.15) is 5.58 Å². The summed E-state index contributed by atoms with van der Waals surface area (Å²) in [5, 5.41) is 3.68. The molecule has 0 atom stereocenters. The van der Waals surface area contributed by atoms with Crippen molar-refractivity contribution in [2.24, 2.45) is 5.41 Å².